The highest BCUT2D eigenvalue weighted by Gasteiger charge is 2.41. The molecule has 22 heavy (non-hydrogen) atoms. The Labute approximate surface area is 144 Å². The molecule has 0 radical (unpaired) electrons. The summed E-state index contributed by atoms with van der Waals surface area (Å²) >= 11 is 9.43. The fourth-order valence-electron chi connectivity index (χ4n) is 2.89. The first kappa shape index (κ1) is 16.5. The molecule has 0 bridgehead atoms. The van der Waals surface area contributed by atoms with Gasteiger partial charge in [-0.1, -0.05) is 11.6 Å². The molecule has 0 spiro atoms. The van der Waals surface area contributed by atoms with Crippen molar-refractivity contribution in [1.82, 2.24) is 9.29 Å². The van der Waals surface area contributed by atoms with Crippen molar-refractivity contribution in [3.8, 4) is 0 Å². The summed E-state index contributed by atoms with van der Waals surface area (Å²) in [6.45, 7) is 1.54. The number of aromatic nitrogens is 1. The second-order valence-corrected chi connectivity index (χ2v) is 9.52. The molecule has 0 aromatic carbocycles. The van der Waals surface area contributed by atoms with Gasteiger partial charge in [-0.05, 0) is 47.7 Å². The summed E-state index contributed by atoms with van der Waals surface area (Å²) < 4.78 is 27.2. The molecule has 1 saturated carbocycles. The summed E-state index contributed by atoms with van der Waals surface area (Å²) in [5.41, 5.74) is 0. The van der Waals surface area contributed by atoms with Gasteiger partial charge in [-0.2, -0.15) is 4.31 Å². The molecule has 5 nitrogen and oxygen atoms in total. The second kappa shape index (κ2) is 6.26. The van der Waals surface area contributed by atoms with E-state index in [-0.39, 0.29) is 11.3 Å². The summed E-state index contributed by atoms with van der Waals surface area (Å²) in [6, 6.07) is 1.82. The molecule has 8 heteroatoms. The predicted molar refractivity (Wildman–Crippen MR) is 91.9 cm³/mol. The highest BCUT2D eigenvalue weighted by molar-refractivity contribution is 9.10. The third-order valence-corrected chi connectivity index (χ3v) is 7.55. The van der Waals surface area contributed by atoms with Gasteiger partial charge in [-0.3, -0.25) is 0 Å². The third kappa shape index (κ3) is 3.27. The number of pyridine rings is 1. The van der Waals surface area contributed by atoms with Crippen molar-refractivity contribution < 1.29 is 8.42 Å². The van der Waals surface area contributed by atoms with Crippen LogP contribution >= 0.6 is 27.5 Å². The molecule has 1 unspecified atom stereocenters. The summed E-state index contributed by atoms with van der Waals surface area (Å²) in [6.07, 6.45) is 5.06. The molecule has 1 aliphatic carbocycles. The van der Waals surface area contributed by atoms with Gasteiger partial charge in [0.25, 0.3) is 0 Å². The molecule has 2 heterocycles. The largest absolute Gasteiger partial charge is 0.354 e. The molecule has 0 amide bonds. The Bertz CT molecular complexity index is 666. The Kier molecular flexibility index (Phi) is 4.69. The maximum atomic E-state index is 12.4. The van der Waals surface area contributed by atoms with Gasteiger partial charge in [0.05, 0.1) is 14.7 Å². The zero-order valence-electron chi connectivity index (χ0n) is 12.4. The molecule has 2 fully saturated rings. The van der Waals surface area contributed by atoms with Crippen molar-refractivity contribution in [3.63, 3.8) is 0 Å². The van der Waals surface area contributed by atoms with Gasteiger partial charge >= 0.3 is 0 Å². The van der Waals surface area contributed by atoms with E-state index >= 15 is 0 Å². The lowest BCUT2D eigenvalue weighted by molar-refractivity contribution is 0.319. The number of sulfonamides is 1. The molecule has 2 aliphatic rings. The highest BCUT2D eigenvalue weighted by Crippen LogP contribution is 2.34. The average molecular weight is 409 g/mol. The number of piperidine rings is 1. The van der Waals surface area contributed by atoms with Crippen molar-refractivity contribution in [2.75, 3.05) is 25.0 Å². The normalized spacial score (nSPS) is 23.1. The maximum absolute atomic E-state index is 12.4. The van der Waals surface area contributed by atoms with Crippen LogP contribution in [-0.2, 0) is 10.0 Å². The number of hydrogen-bond acceptors (Lipinski definition) is 4. The van der Waals surface area contributed by atoms with Gasteiger partial charge in [-0.15, -0.1) is 0 Å². The summed E-state index contributed by atoms with van der Waals surface area (Å²) in [5.74, 6) is 0.825. The van der Waals surface area contributed by atoms with E-state index in [1.807, 2.05) is 6.07 Å². The quantitative estimate of drug-likeness (QED) is 0.769. The van der Waals surface area contributed by atoms with E-state index in [0.717, 1.165) is 42.5 Å². The SMILES string of the molecule is CN(C1CCCN(c2ncc(Cl)cc2Br)C1)S(=O)(=O)C1CC1. The van der Waals surface area contributed by atoms with E-state index in [0.29, 0.717) is 11.6 Å². The molecular weight excluding hydrogens is 390 g/mol. The Morgan fingerprint density at radius 2 is 2.14 bits per heavy atom. The topological polar surface area (TPSA) is 53.5 Å². The van der Waals surface area contributed by atoms with E-state index < -0.39 is 10.0 Å². The number of hydrogen-bond donors (Lipinski definition) is 0. The van der Waals surface area contributed by atoms with Crippen molar-refractivity contribution in [2.24, 2.45) is 0 Å². The van der Waals surface area contributed by atoms with Gasteiger partial charge < -0.3 is 4.90 Å². The maximum Gasteiger partial charge on any atom is 0.217 e. The van der Waals surface area contributed by atoms with Gasteiger partial charge in [-0.25, -0.2) is 13.4 Å². The molecular formula is C14H19BrClN3O2S. The standard InChI is InChI=1S/C14H19BrClN3O2S/c1-18(22(20,21)12-4-5-12)11-3-2-6-19(9-11)14-13(15)7-10(16)8-17-14/h7-8,11-12H,2-6,9H2,1H3. The Hall–Kier alpha value is -0.370. The fraction of sp³-hybridized carbons (Fsp3) is 0.643. The average Bonchev–Trinajstić information content (AvgIpc) is 3.31. The minimum atomic E-state index is -3.13. The summed E-state index contributed by atoms with van der Waals surface area (Å²) in [4.78, 5) is 6.52. The van der Waals surface area contributed by atoms with Crippen molar-refractivity contribution in [2.45, 2.75) is 37.0 Å². The van der Waals surface area contributed by atoms with E-state index in [1.54, 1.807) is 17.5 Å². The zero-order chi connectivity index (χ0) is 15.9. The number of nitrogens with zero attached hydrogens (tertiary/aromatic N) is 3. The lowest BCUT2D eigenvalue weighted by Crippen LogP contribution is -2.49. The van der Waals surface area contributed by atoms with Crippen LogP contribution in [0.1, 0.15) is 25.7 Å². The van der Waals surface area contributed by atoms with Gasteiger partial charge in [0.1, 0.15) is 5.82 Å². The second-order valence-electron chi connectivity index (χ2n) is 5.96. The van der Waals surface area contributed by atoms with Gasteiger partial charge in [0.2, 0.25) is 10.0 Å². The number of likely N-dealkylation sites (N-methyl/N-ethyl adjacent to an activating group) is 1. The van der Waals surface area contributed by atoms with Crippen molar-refractivity contribution in [3.05, 3.63) is 21.8 Å². The van der Waals surface area contributed by atoms with E-state index in [4.69, 9.17) is 11.6 Å². The number of anilines is 1. The Morgan fingerprint density at radius 3 is 2.77 bits per heavy atom. The van der Waals surface area contributed by atoms with Crippen LogP contribution in [-0.4, -0.2) is 49.1 Å². The van der Waals surface area contributed by atoms with Crippen molar-refractivity contribution in [1.29, 1.82) is 0 Å². The smallest absolute Gasteiger partial charge is 0.217 e. The van der Waals surface area contributed by atoms with Crippen molar-refractivity contribution >= 4 is 43.4 Å². The fourth-order valence-corrected chi connectivity index (χ4v) is 5.57. The van der Waals surface area contributed by atoms with Crippen LogP contribution < -0.4 is 4.90 Å². The highest BCUT2D eigenvalue weighted by atomic mass is 79.9. The third-order valence-electron chi connectivity index (χ3n) is 4.35. The lowest BCUT2D eigenvalue weighted by atomic mass is 10.1. The van der Waals surface area contributed by atoms with Crippen LogP contribution in [0.25, 0.3) is 0 Å². The van der Waals surface area contributed by atoms with E-state index in [2.05, 4.69) is 25.8 Å². The predicted octanol–water partition coefficient (Wildman–Crippen LogP) is 2.89. The number of rotatable bonds is 4. The number of halogens is 2. The molecule has 0 N–H and O–H groups in total. The minimum absolute atomic E-state index is 0.00345. The van der Waals surface area contributed by atoms with E-state index in [1.165, 1.54) is 0 Å². The minimum Gasteiger partial charge on any atom is -0.354 e. The van der Waals surface area contributed by atoms with Crippen LogP contribution in [0.4, 0.5) is 5.82 Å². The first-order chi connectivity index (χ1) is 10.4. The van der Waals surface area contributed by atoms with Crippen LogP contribution in [0, 0.1) is 0 Å². The zero-order valence-corrected chi connectivity index (χ0v) is 15.5. The van der Waals surface area contributed by atoms with E-state index in [9.17, 15) is 8.42 Å². The summed E-state index contributed by atoms with van der Waals surface area (Å²) in [5, 5.41) is 0.422. The molecule has 3 rings (SSSR count). The van der Waals surface area contributed by atoms with Gasteiger partial charge in [0.15, 0.2) is 0 Å². The summed E-state index contributed by atoms with van der Waals surface area (Å²) in [7, 11) is -1.42. The molecule has 1 atom stereocenters. The van der Waals surface area contributed by atoms with Crippen LogP contribution in [0.2, 0.25) is 5.02 Å². The molecule has 1 aromatic heterocycles. The first-order valence-electron chi connectivity index (χ1n) is 7.42. The van der Waals surface area contributed by atoms with Crippen LogP contribution in [0.15, 0.2) is 16.7 Å². The lowest BCUT2D eigenvalue weighted by Gasteiger charge is -2.38. The Morgan fingerprint density at radius 1 is 1.41 bits per heavy atom. The van der Waals surface area contributed by atoms with Crippen LogP contribution in [0.3, 0.4) is 0 Å². The first-order valence-corrected chi connectivity index (χ1v) is 10.1. The van der Waals surface area contributed by atoms with Crippen LogP contribution in [0.5, 0.6) is 0 Å². The van der Waals surface area contributed by atoms with Gasteiger partial charge in [0, 0.05) is 32.4 Å². The molecule has 122 valence electrons. The Balaban J connectivity index is 1.76. The molecule has 1 aromatic rings. The molecule has 1 aliphatic heterocycles. The monoisotopic (exact) mass is 407 g/mol. The molecule has 1 saturated heterocycles.